The van der Waals surface area contributed by atoms with E-state index in [1.54, 1.807) is 24.3 Å². The van der Waals surface area contributed by atoms with Crippen LogP contribution >= 0.6 is 7.60 Å². The molecule has 0 bridgehead atoms. The van der Waals surface area contributed by atoms with Gasteiger partial charge in [0.25, 0.3) is 0 Å². The number of halogens is 3. The third-order valence-electron chi connectivity index (χ3n) is 7.62. The lowest BCUT2D eigenvalue weighted by Crippen LogP contribution is -2.37. The highest BCUT2D eigenvalue weighted by Crippen LogP contribution is 2.35. The zero-order valence-corrected chi connectivity index (χ0v) is 28.0. The summed E-state index contributed by atoms with van der Waals surface area (Å²) in [5.74, 6) is 0.428. The minimum absolute atomic E-state index is 0.0166. The van der Waals surface area contributed by atoms with Gasteiger partial charge in [-0.25, -0.2) is 0 Å². The first-order chi connectivity index (χ1) is 21.9. The number of carbonyl (C=O) groups excluding carboxylic acids is 1. The minimum Gasteiger partial charge on any atom is -0.487 e. The highest BCUT2D eigenvalue weighted by Gasteiger charge is 2.28. The maximum Gasteiger partial charge on any atom is 0.422 e. The summed E-state index contributed by atoms with van der Waals surface area (Å²) in [5, 5.41) is 2.96. The van der Waals surface area contributed by atoms with Crippen LogP contribution < -0.4 is 14.8 Å². The van der Waals surface area contributed by atoms with Crippen LogP contribution in [0.15, 0.2) is 42.6 Å². The highest BCUT2D eigenvalue weighted by atomic mass is 31.2. The van der Waals surface area contributed by atoms with Crippen molar-refractivity contribution in [1.29, 1.82) is 0 Å². The van der Waals surface area contributed by atoms with Crippen molar-refractivity contribution in [2.45, 2.75) is 128 Å². The van der Waals surface area contributed by atoms with Gasteiger partial charge in [0.2, 0.25) is 5.91 Å². The maximum atomic E-state index is 12.7. The van der Waals surface area contributed by atoms with Crippen LogP contribution in [0.25, 0.3) is 0 Å². The van der Waals surface area contributed by atoms with Gasteiger partial charge < -0.3 is 24.6 Å². The fourth-order valence-corrected chi connectivity index (χ4v) is 5.75. The normalized spacial score (nSPS) is 12.6. The summed E-state index contributed by atoms with van der Waals surface area (Å²) >= 11 is 0. The Morgan fingerprint density at radius 3 is 2.02 bits per heavy atom. The van der Waals surface area contributed by atoms with E-state index in [4.69, 9.17) is 9.47 Å². The molecule has 46 heavy (non-hydrogen) atoms. The SMILES string of the molecule is CCCCCCCCCCCCCCCC(=O)N[C@H](CCP(=O)(O)O)Cc1ccc(OCc2cc(OCC(F)(F)F)ccn2)cc1. The lowest BCUT2D eigenvalue weighted by atomic mass is 10.0. The van der Waals surface area contributed by atoms with Gasteiger partial charge in [0, 0.05) is 24.7 Å². The van der Waals surface area contributed by atoms with Crippen molar-refractivity contribution in [1.82, 2.24) is 10.3 Å². The third-order valence-corrected chi connectivity index (χ3v) is 8.46. The first-order valence-electron chi connectivity index (χ1n) is 16.6. The molecule has 0 radical (unpaired) electrons. The van der Waals surface area contributed by atoms with Crippen LogP contribution in [0.2, 0.25) is 0 Å². The van der Waals surface area contributed by atoms with Gasteiger partial charge in [0.05, 0.1) is 11.9 Å². The number of carbonyl (C=O) groups is 1. The Bertz CT molecular complexity index is 1160. The molecule has 3 N–H and O–H groups in total. The van der Waals surface area contributed by atoms with Crippen LogP contribution in [0.4, 0.5) is 13.2 Å². The van der Waals surface area contributed by atoms with Crippen molar-refractivity contribution in [3.8, 4) is 11.5 Å². The molecule has 12 heteroatoms. The van der Waals surface area contributed by atoms with Gasteiger partial charge >= 0.3 is 13.8 Å². The Labute approximate surface area is 272 Å². The molecule has 0 aliphatic rings. The smallest absolute Gasteiger partial charge is 0.422 e. The first-order valence-corrected chi connectivity index (χ1v) is 18.4. The van der Waals surface area contributed by atoms with E-state index in [9.17, 15) is 32.3 Å². The number of unbranched alkanes of at least 4 members (excludes halogenated alkanes) is 12. The molecule has 0 spiro atoms. The molecular formula is C34H52F3N2O6P. The van der Waals surface area contributed by atoms with Gasteiger partial charge in [-0.05, 0) is 43.0 Å². The summed E-state index contributed by atoms with van der Waals surface area (Å²) < 4.78 is 59.2. The van der Waals surface area contributed by atoms with Crippen LogP contribution in [-0.4, -0.2) is 45.7 Å². The summed E-state index contributed by atoms with van der Waals surface area (Å²) in [5.41, 5.74) is 1.25. The Balaban J connectivity index is 1.73. The van der Waals surface area contributed by atoms with Crippen LogP contribution in [0.5, 0.6) is 11.5 Å². The number of nitrogens with zero attached hydrogens (tertiary/aromatic N) is 1. The number of ether oxygens (including phenoxy) is 2. The molecule has 0 unspecified atom stereocenters. The van der Waals surface area contributed by atoms with E-state index in [-0.39, 0.29) is 30.8 Å². The standard InChI is InChI=1S/C34H52F3N2O6P/c1-2-3-4-5-6-7-8-9-10-11-12-13-14-15-33(40)39-29(21-23-46(41,42)43)24-28-16-18-31(19-17-28)44-26-30-25-32(20-22-38-30)45-27-34(35,36)37/h16-20,22,25,29H,2-15,21,23-24,26-27H2,1H3,(H,39,40)(H2,41,42,43)/t29-/m1/s1. The third kappa shape index (κ3) is 20.5. The van der Waals surface area contributed by atoms with Crippen molar-refractivity contribution in [3.63, 3.8) is 0 Å². The van der Waals surface area contributed by atoms with Crippen molar-refractivity contribution in [2.24, 2.45) is 0 Å². The second-order valence-electron chi connectivity index (χ2n) is 12.0. The molecule has 1 aromatic heterocycles. The number of amides is 1. The number of pyridine rings is 1. The van der Waals surface area contributed by atoms with E-state index in [1.165, 1.54) is 82.5 Å². The summed E-state index contributed by atoms with van der Waals surface area (Å²) in [6.45, 7) is 0.857. The molecular weight excluding hydrogens is 620 g/mol. The monoisotopic (exact) mass is 672 g/mol. The zero-order valence-electron chi connectivity index (χ0n) is 27.1. The highest BCUT2D eigenvalue weighted by molar-refractivity contribution is 7.51. The Morgan fingerprint density at radius 2 is 1.46 bits per heavy atom. The minimum atomic E-state index is -4.44. The van der Waals surface area contributed by atoms with Gasteiger partial charge in [0.1, 0.15) is 18.1 Å². The second kappa shape index (κ2) is 22.0. The average Bonchev–Trinajstić information content (AvgIpc) is 3.00. The van der Waals surface area contributed by atoms with Crippen molar-refractivity contribution in [2.75, 3.05) is 12.8 Å². The van der Waals surface area contributed by atoms with Crippen molar-refractivity contribution < 1.29 is 41.8 Å². The molecule has 1 aromatic carbocycles. The van der Waals surface area contributed by atoms with Gasteiger partial charge in [-0.1, -0.05) is 96.1 Å². The topological polar surface area (TPSA) is 118 Å². The van der Waals surface area contributed by atoms with Crippen molar-refractivity contribution in [3.05, 3.63) is 53.9 Å². The number of alkyl halides is 3. The van der Waals surface area contributed by atoms with E-state index >= 15 is 0 Å². The van der Waals surface area contributed by atoms with Crippen LogP contribution in [0.3, 0.4) is 0 Å². The van der Waals surface area contributed by atoms with Gasteiger partial charge in [-0.3, -0.25) is 14.3 Å². The average molecular weight is 673 g/mol. The van der Waals surface area contributed by atoms with Gasteiger partial charge in [-0.2, -0.15) is 13.2 Å². The molecule has 0 aliphatic carbocycles. The first kappa shape index (κ1) is 39.6. The molecule has 1 heterocycles. The van der Waals surface area contributed by atoms with E-state index in [0.29, 0.717) is 24.3 Å². The van der Waals surface area contributed by atoms with Crippen LogP contribution in [-0.2, 0) is 22.4 Å². The van der Waals surface area contributed by atoms with E-state index < -0.39 is 26.4 Å². The zero-order chi connectivity index (χ0) is 33.7. The molecule has 0 saturated carbocycles. The number of rotatable bonds is 25. The summed E-state index contributed by atoms with van der Waals surface area (Å²) in [7, 11) is -4.22. The Hall–Kier alpha value is -2.62. The number of nitrogens with one attached hydrogen (secondary N) is 1. The number of benzene rings is 1. The summed E-state index contributed by atoms with van der Waals surface area (Å²) in [6.07, 6.45) is 13.4. The van der Waals surface area contributed by atoms with Gasteiger partial charge in [0.15, 0.2) is 6.61 Å². The molecule has 1 atom stereocenters. The molecule has 2 aromatic rings. The summed E-state index contributed by atoms with van der Waals surface area (Å²) in [6, 6.07) is 9.32. The fraction of sp³-hybridized carbons (Fsp3) is 0.647. The molecule has 8 nitrogen and oxygen atoms in total. The van der Waals surface area contributed by atoms with E-state index in [2.05, 4.69) is 17.2 Å². The maximum absolute atomic E-state index is 12.7. The predicted molar refractivity (Wildman–Crippen MR) is 174 cm³/mol. The molecule has 260 valence electrons. The molecule has 2 rings (SSSR count). The quantitative estimate of drug-likeness (QED) is 0.0714. The van der Waals surface area contributed by atoms with E-state index in [1.807, 2.05) is 0 Å². The van der Waals surface area contributed by atoms with E-state index in [0.717, 1.165) is 24.8 Å². The number of hydrogen-bond donors (Lipinski definition) is 3. The lowest BCUT2D eigenvalue weighted by molar-refractivity contribution is -0.153. The molecule has 1 amide bonds. The molecule has 0 saturated heterocycles. The molecule has 0 aliphatic heterocycles. The predicted octanol–water partition coefficient (Wildman–Crippen LogP) is 8.68. The lowest BCUT2D eigenvalue weighted by Gasteiger charge is -2.20. The van der Waals surface area contributed by atoms with Crippen LogP contribution in [0.1, 0.15) is 114 Å². The molecule has 0 fully saturated rings. The largest absolute Gasteiger partial charge is 0.487 e. The number of aromatic nitrogens is 1. The Kier molecular flexibility index (Phi) is 19.0. The van der Waals surface area contributed by atoms with Crippen molar-refractivity contribution >= 4 is 13.5 Å². The number of hydrogen-bond acceptors (Lipinski definition) is 5. The fourth-order valence-electron chi connectivity index (χ4n) is 5.11. The summed E-state index contributed by atoms with van der Waals surface area (Å²) in [4.78, 5) is 35.5. The second-order valence-corrected chi connectivity index (χ2v) is 13.7. The van der Waals surface area contributed by atoms with Crippen LogP contribution in [0, 0.1) is 0 Å². The Morgan fingerprint density at radius 1 is 0.870 bits per heavy atom. The van der Waals surface area contributed by atoms with Gasteiger partial charge in [-0.15, -0.1) is 0 Å².